The van der Waals surface area contributed by atoms with Gasteiger partial charge < -0.3 is 5.11 Å². The molecule has 0 aliphatic rings. The molecular weight excluding hydrogens is 270 g/mol. The number of aliphatic carboxylic acids is 1. The van der Waals surface area contributed by atoms with Gasteiger partial charge in [0.25, 0.3) is 0 Å². The second-order valence-corrected chi connectivity index (χ2v) is 6.87. The summed E-state index contributed by atoms with van der Waals surface area (Å²) in [7, 11) is -1.01. The van der Waals surface area contributed by atoms with Crippen LogP contribution in [-0.2, 0) is 21.9 Å². The van der Waals surface area contributed by atoms with Crippen LogP contribution in [0.25, 0.3) is 0 Å². The van der Waals surface area contributed by atoms with Crippen molar-refractivity contribution >= 4 is 16.0 Å². The molecule has 0 aromatic carbocycles. The Kier molecular flexibility index (Phi) is 3.79. The van der Waals surface area contributed by atoms with Crippen LogP contribution >= 0.6 is 0 Å². The maximum absolute atomic E-state index is 12.5. The molecule has 1 heterocycles. The lowest BCUT2D eigenvalue weighted by atomic mass is 10.1. The van der Waals surface area contributed by atoms with Gasteiger partial charge in [-0.1, -0.05) is 0 Å². The van der Waals surface area contributed by atoms with Crippen LogP contribution in [0.3, 0.4) is 0 Å². The molecule has 0 saturated carbocycles. The smallest absolute Gasteiger partial charge is 0.324 e. The average molecular weight is 289 g/mol. The Balaban J connectivity index is 3.45. The van der Waals surface area contributed by atoms with Crippen LogP contribution < -0.4 is 0 Å². The van der Waals surface area contributed by atoms with Gasteiger partial charge in [-0.3, -0.25) is 9.48 Å². The van der Waals surface area contributed by atoms with Crippen LogP contribution in [0.4, 0.5) is 0 Å². The summed E-state index contributed by atoms with van der Waals surface area (Å²) in [6, 6.07) is 0. The van der Waals surface area contributed by atoms with Crippen LogP contribution in [0.15, 0.2) is 4.90 Å². The molecule has 7 nitrogen and oxygen atoms in total. The van der Waals surface area contributed by atoms with Crippen molar-refractivity contribution in [3.05, 3.63) is 11.4 Å². The first-order valence-electron chi connectivity index (χ1n) is 5.66. The second kappa shape index (κ2) is 4.61. The molecule has 1 rings (SSSR count). The summed E-state index contributed by atoms with van der Waals surface area (Å²) in [5, 5.41) is 13.2. The number of carbonyl (C=O) groups is 1. The number of sulfonamides is 1. The molecular formula is C11H19N3O4S. The zero-order chi connectivity index (χ0) is 15.2. The third-order valence-corrected chi connectivity index (χ3v) is 5.66. The lowest BCUT2D eigenvalue weighted by molar-refractivity contribution is -0.145. The largest absolute Gasteiger partial charge is 0.480 e. The first kappa shape index (κ1) is 15.6. The van der Waals surface area contributed by atoms with E-state index in [1.807, 2.05) is 0 Å². The van der Waals surface area contributed by atoms with E-state index in [0.717, 1.165) is 4.31 Å². The Morgan fingerprint density at radius 3 is 2.16 bits per heavy atom. The molecule has 0 aliphatic heterocycles. The zero-order valence-electron chi connectivity index (χ0n) is 11.9. The molecule has 0 saturated heterocycles. The Morgan fingerprint density at radius 2 is 1.84 bits per heavy atom. The van der Waals surface area contributed by atoms with Gasteiger partial charge in [0, 0.05) is 14.1 Å². The number of aromatic nitrogens is 2. The molecule has 1 aromatic rings. The van der Waals surface area contributed by atoms with E-state index in [9.17, 15) is 13.2 Å². The lowest BCUT2D eigenvalue weighted by Crippen LogP contribution is -2.50. The van der Waals surface area contributed by atoms with Gasteiger partial charge in [-0.2, -0.15) is 9.40 Å². The zero-order valence-corrected chi connectivity index (χ0v) is 12.7. The number of hydrogen-bond acceptors (Lipinski definition) is 4. The van der Waals surface area contributed by atoms with E-state index in [1.165, 1.54) is 25.6 Å². The summed E-state index contributed by atoms with van der Waals surface area (Å²) in [5.74, 6) is -1.21. The number of aryl methyl sites for hydroxylation is 2. The Bertz CT molecular complexity index is 616. The van der Waals surface area contributed by atoms with Gasteiger partial charge >= 0.3 is 5.97 Å². The van der Waals surface area contributed by atoms with E-state index in [4.69, 9.17) is 5.11 Å². The molecule has 19 heavy (non-hydrogen) atoms. The highest BCUT2D eigenvalue weighted by molar-refractivity contribution is 7.89. The Morgan fingerprint density at radius 1 is 1.37 bits per heavy atom. The molecule has 0 fully saturated rings. The molecule has 8 heteroatoms. The highest BCUT2D eigenvalue weighted by Gasteiger charge is 2.42. The molecule has 0 atom stereocenters. The van der Waals surface area contributed by atoms with Crippen molar-refractivity contribution in [1.82, 2.24) is 14.1 Å². The molecule has 1 N–H and O–H groups in total. The molecule has 0 radical (unpaired) electrons. The van der Waals surface area contributed by atoms with Crippen molar-refractivity contribution < 1.29 is 18.3 Å². The van der Waals surface area contributed by atoms with Gasteiger partial charge in [-0.05, 0) is 27.7 Å². The van der Waals surface area contributed by atoms with Gasteiger partial charge in [0.05, 0.1) is 11.4 Å². The SMILES string of the molecule is Cc1nn(C)c(C)c1S(=O)(=O)N(C)C(C)(C)C(=O)O. The van der Waals surface area contributed by atoms with Crippen LogP contribution in [0.1, 0.15) is 25.2 Å². The van der Waals surface area contributed by atoms with E-state index >= 15 is 0 Å². The molecule has 0 bridgehead atoms. The molecule has 0 aliphatic carbocycles. The highest BCUT2D eigenvalue weighted by Crippen LogP contribution is 2.27. The number of carboxylic acids is 1. The number of carboxylic acid groups (broad SMARTS) is 1. The number of nitrogens with zero attached hydrogens (tertiary/aromatic N) is 3. The van der Waals surface area contributed by atoms with E-state index in [2.05, 4.69) is 5.10 Å². The summed E-state index contributed by atoms with van der Waals surface area (Å²) in [6.45, 7) is 5.90. The molecule has 0 unspecified atom stereocenters. The average Bonchev–Trinajstić information content (AvgIpc) is 2.51. The standard InChI is InChI=1S/C11H19N3O4S/c1-7-9(8(2)13(5)12-7)19(17,18)14(6)11(3,4)10(15)16/h1-6H3,(H,15,16). The maximum Gasteiger partial charge on any atom is 0.324 e. The monoisotopic (exact) mass is 289 g/mol. The summed E-state index contributed by atoms with van der Waals surface area (Å²) < 4.78 is 27.4. The van der Waals surface area contributed by atoms with Crippen molar-refractivity contribution in [3.8, 4) is 0 Å². The van der Waals surface area contributed by atoms with E-state index in [0.29, 0.717) is 11.4 Å². The summed E-state index contributed by atoms with van der Waals surface area (Å²) in [4.78, 5) is 11.3. The molecule has 1 aromatic heterocycles. The van der Waals surface area contributed by atoms with Gasteiger partial charge in [0.2, 0.25) is 10.0 Å². The fourth-order valence-electron chi connectivity index (χ4n) is 1.70. The van der Waals surface area contributed by atoms with Gasteiger partial charge in [-0.25, -0.2) is 8.42 Å². The molecule has 108 valence electrons. The van der Waals surface area contributed by atoms with E-state index in [-0.39, 0.29) is 4.90 Å². The van der Waals surface area contributed by atoms with Crippen LogP contribution in [-0.4, -0.2) is 46.2 Å². The topological polar surface area (TPSA) is 92.5 Å². The van der Waals surface area contributed by atoms with Crippen molar-refractivity contribution in [2.45, 2.75) is 38.1 Å². The first-order chi connectivity index (χ1) is 8.44. The minimum atomic E-state index is -3.91. The number of rotatable bonds is 4. The van der Waals surface area contributed by atoms with Gasteiger partial charge in [0.1, 0.15) is 10.4 Å². The van der Waals surface area contributed by atoms with Crippen molar-refractivity contribution in [2.75, 3.05) is 7.05 Å². The number of hydrogen-bond donors (Lipinski definition) is 1. The first-order valence-corrected chi connectivity index (χ1v) is 7.10. The normalized spacial score (nSPS) is 13.0. The highest BCUT2D eigenvalue weighted by atomic mass is 32.2. The maximum atomic E-state index is 12.5. The minimum Gasteiger partial charge on any atom is -0.480 e. The van der Waals surface area contributed by atoms with Crippen LogP contribution in [0.2, 0.25) is 0 Å². The fourth-order valence-corrected chi connectivity index (χ4v) is 3.57. The van der Waals surface area contributed by atoms with Gasteiger partial charge in [0.15, 0.2) is 0 Å². The predicted molar refractivity (Wildman–Crippen MR) is 69.3 cm³/mol. The Hall–Kier alpha value is -1.41. The van der Waals surface area contributed by atoms with Crippen molar-refractivity contribution in [1.29, 1.82) is 0 Å². The summed E-state index contributed by atoms with van der Waals surface area (Å²) in [6.07, 6.45) is 0. The third kappa shape index (κ3) is 2.37. The third-order valence-electron chi connectivity index (χ3n) is 3.37. The summed E-state index contributed by atoms with van der Waals surface area (Å²) >= 11 is 0. The quantitative estimate of drug-likeness (QED) is 0.872. The fraction of sp³-hybridized carbons (Fsp3) is 0.636. The van der Waals surface area contributed by atoms with Crippen LogP contribution in [0, 0.1) is 13.8 Å². The Labute approximate surface area is 112 Å². The lowest BCUT2D eigenvalue weighted by Gasteiger charge is -2.30. The molecule has 0 spiro atoms. The van der Waals surface area contributed by atoms with Gasteiger partial charge in [-0.15, -0.1) is 0 Å². The van der Waals surface area contributed by atoms with E-state index < -0.39 is 21.5 Å². The number of likely N-dealkylation sites (N-methyl/N-ethyl adjacent to an activating group) is 1. The van der Waals surface area contributed by atoms with Crippen LogP contribution in [0.5, 0.6) is 0 Å². The second-order valence-electron chi connectivity index (χ2n) is 4.96. The van der Waals surface area contributed by atoms with Crippen molar-refractivity contribution in [2.24, 2.45) is 7.05 Å². The van der Waals surface area contributed by atoms with Crippen molar-refractivity contribution in [3.63, 3.8) is 0 Å². The summed E-state index contributed by atoms with van der Waals surface area (Å²) in [5.41, 5.74) is -0.702. The predicted octanol–water partition coefficient (Wildman–Crippen LogP) is 0.521. The molecule has 0 amide bonds. The minimum absolute atomic E-state index is 0.0619. The van der Waals surface area contributed by atoms with E-state index in [1.54, 1.807) is 20.9 Å².